The molecule has 0 aliphatic heterocycles. The summed E-state index contributed by atoms with van der Waals surface area (Å²) >= 11 is 0. The summed E-state index contributed by atoms with van der Waals surface area (Å²) in [6.45, 7) is 0. The Hall–Kier alpha value is -1.84. The zero-order valence-electron chi connectivity index (χ0n) is 8.98. The van der Waals surface area contributed by atoms with Gasteiger partial charge in [0.1, 0.15) is 0 Å². The first-order valence-electron chi connectivity index (χ1n) is 5.46. The van der Waals surface area contributed by atoms with Crippen LogP contribution in [0.4, 0.5) is 11.4 Å². The van der Waals surface area contributed by atoms with Crippen LogP contribution in [0.3, 0.4) is 0 Å². The number of non-ortho nitro benzene ring substituents is 1. The number of nitro benzene ring substituents is 1. The normalized spacial score (nSPS) is 15.4. The van der Waals surface area contributed by atoms with Crippen LogP contribution < -0.4 is 5.32 Å². The van der Waals surface area contributed by atoms with E-state index in [2.05, 4.69) is 11.4 Å². The molecular weight excluding hydrogens is 204 g/mol. The maximum Gasteiger partial charge on any atom is 0.271 e. The predicted octanol–water partition coefficient (Wildman–Crippen LogP) is 3.46. The molecule has 0 atom stereocenters. The van der Waals surface area contributed by atoms with E-state index in [0.29, 0.717) is 0 Å². The fourth-order valence-electron chi connectivity index (χ4n) is 1.83. The Balaban J connectivity index is 2.12. The van der Waals surface area contributed by atoms with Gasteiger partial charge in [-0.1, -0.05) is 12.1 Å². The Morgan fingerprint density at radius 3 is 2.88 bits per heavy atom. The van der Waals surface area contributed by atoms with Crippen molar-refractivity contribution in [3.05, 3.63) is 46.2 Å². The highest BCUT2D eigenvalue weighted by Gasteiger charge is 2.07. The minimum atomic E-state index is -0.375. The minimum absolute atomic E-state index is 0.126. The molecule has 1 aliphatic carbocycles. The summed E-state index contributed by atoms with van der Waals surface area (Å²) in [6, 6.07) is 6.61. The van der Waals surface area contributed by atoms with Gasteiger partial charge < -0.3 is 5.32 Å². The van der Waals surface area contributed by atoms with E-state index in [1.807, 2.05) is 6.07 Å². The molecule has 1 N–H and O–H groups in total. The van der Waals surface area contributed by atoms with Gasteiger partial charge in [0.25, 0.3) is 5.69 Å². The number of nitrogens with zero attached hydrogens (tertiary/aromatic N) is 1. The Labute approximate surface area is 94.1 Å². The van der Waals surface area contributed by atoms with Crippen molar-refractivity contribution in [1.82, 2.24) is 0 Å². The fourth-order valence-corrected chi connectivity index (χ4v) is 1.83. The molecule has 0 fully saturated rings. The van der Waals surface area contributed by atoms with Gasteiger partial charge in [-0.05, 0) is 31.7 Å². The van der Waals surface area contributed by atoms with Crippen LogP contribution in [0.1, 0.15) is 25.7 Å². The average Bonchev–Trinajstić information content (AvgIpc) is 2.30. The first kappa shape index (κ1) is 10.7. The SMILES string of the molecule is O=[N+]([O-])c1cccc(NC2=CCCCC2)c1. The number of benzene rings is 1. The van der Waals surface area contributed by atoms with Gasteiger partial charge in [-0.2, -0.15) is 0 Å². The van der Waals surface area contributed by atoms with Crippen molar-refractivity contribution in [3.8, 4) is 0 Å². The molecule has 0 heterocycles. The largest absolute Gasteiger partial charge is 0.359 e. The van der Waals surface area contributed by atoms with Crippen molar-refractivity contribution in [2.45, 2.75) is 25.7 Å². The van der Waals surface area contributed by atoms with Crippen molar-refractivity contribution in [2.75, 3.05) is 5.32 Å². The van der Waals surface area contributed by atoms with Crippen molar-refractivity contribution in [1.29, 1.82) is 0 Å². The maximum atomic E-state index is 10.6. The topological polar surface area (TPSA) is 55.2 Å². The number of anilines is 1. The van der Waals surface area contributed by atoms with Crippen LogP contribution in [0.15, 0.2) is 36.0 Å². The summed E-state index contributed by atoms with van der Waals surface area (Å²) in [5.41, 5.74) is 2.09. The van der Waals surface area contributed by atoms with E-state index in [4.69, 9.17) is 0 Å². The molecule has 16 heavy (non-hydrogen) atoms. The number of hydrogen-bond donors (Lipinski definition) is 1. The highest BCUT2D eigenvalue weighted by Crippen LogP contribution is 2.22. The summed E-state index contributed by atoms with van der Waals surface area (Å²) in [5, 5.41) is 13.8. The summed E-state index contributed by atoms with van der Waals surface area (Å²) < 4.78 is 0. The molecule has 1 aliphatic rings. The Kier molecular flexibility index (Phi) is 3.19. The van der Waals surface area contributed by atoms with E-state index in [-0.39, 0.29) is 10.6 Å². The Bertz CT molecular complexity index is 427. The van der Waals surface area contributed by atoms with E-state index in [1.54, 1.807) is 12.1 Å². The van der Waals surface area contributed by atoms with Crippen LogP contribution in [0, 0.1) is 10.1 Å². The molecule has 2 rings (SSSR count). The van der Waals surface area contributed by atoms with E-state index in [0.717, 1.165) is 18.5 Å². The van der Waals surface area contributed by atoms with Crippen LogP contribution >= 0.6 is 0 Å². The standard InChI is InChI=1S/C12H14N2O2/c15-14(16)12-8-4-7-11(9-12)13-10-5-2-1-3-6-10/h4-5,7-9,13H,1-3,6H2. The third-order valence-corrected chi connectivity index (χ3v) is 2.65. The average molecular weight is 218 g/mol. The van der Waals surface area contributed by atoms with E-state index < -0.39 is 0 Å². The lowest BCUT2D eigenvalue weighted by atomic mass is 10.0. The van der Waals surface area contributed by atoms with Gasteiger partial charge in [-0.25, -0.2) is 0 Å². The first-order chi connectivity index (χ1) is 7.75. The summed E-state index contributed by atoms with van der Waals surface area (Å²) in [6.07, 6.45) is 6.72. The lowest BCUT2D eigenvalue weighted by molar-refractivity contribution is -0.384. The van der Waals surface area contributed by atoms with Crippen molar-refractivity contribution < 1.29 is 4.92 Å². The highest BCUT2D eigenvalue weighted by molar-refractivity contribution is 5.54. The van der Waals surface area contributed by atoms with Gasteiger partial charge in [0.05, 0.1) is 4.92 Å². The lowest BCUT2D eigenvalue weighted by Crippen LogP contribution is -2.03. The molecule has 0 amide bonds. The van der Waals surface area contributed by atoms with Crippen molar-refractivity contribution >= 4 is 11.4 Å². The molecular formula is C12H14N2O2. The molecule has 0 unspecified atom stereocenters. The minimum Gasteiger partial charge on any atom is -0.359 e. The third-order valence-electron chi connectivity index (χ3n) is 2.65. The second-order valence-corrected chi connectivity index (χ2v) is 3.91. The molecule has 0 bridgehead atoms. The summed E-state index contributed by atoms with van der Waals surface area (Å²) in [4.78, 5) is 10.2. The molecule has 4 heteroatoms. The number of nitro groups is 1. The first-order valence-corrected chi connectivity index (χ1v) is 5.46. The quantitative estimate of drug-likeness (QED) is 0.624. The molecule has 84 valence electrons. The van der Waals surface area contributed by atoms with Crippen molar-refractivity contribution in [2.24, 2.45) is 0 Å². The van der Waals surface area contributed by atoms with Gasteiger partial charge in [0, 0.05) is 23.5 Å². The van der Waals surface area contributed by atoms with Gasteiger partial charge >= 0.3 is 0 Å². The fraction of sp³-hybridized carbons (Fsp3) is 0.333. The molecule has 4 nitrogen and oxygen atoms in total. The van der Waals surface area contributed by atoms with Gasteiger partial charge in [-0.15, -0.1) is 0 Å². The van der Waals surface area contributed by atoms with Crippen LogP contribution in [0.25, 0.3) is 0 Å². The second-order valence-electron chi connectivity index (χ2n) is 3.91. The highest BCUT2D eigenvalue weighted by atomic mass is 16.6. The monoisotopic (exact) mass is 218 g/mol. The zero-order chi connectivity index (χ0) is 11.4. The van der Waals surface area contributed by atoms with Crippen molar-refractivity contribution in [3.63, 3.8) is 0 Å². The molecule has 0 saturated carbocycles. The van der Waals surface area contributed by atoms with Gasteiger partial charge in [0.2, 0.25) is 0 Å². The van der Waals surface area contributed by atoms with E-state index in [1.165, 1.54) is 24.6 Å². The molecule has 1 aromatic carbocycles. The lowest BCUT2D eigenvalue weighted by Gasteiger charge is -2.14. The van der Waals surface area contributed by atoms with Crippen LogP contribution in [0.2, 0.25) is 0 Å². The van der Waals surface area contributed by atoms with Gasteiger partial charge in [-0.3, -0.25) is 10.1 Å². The van der Waals surface area contributed by atoms with E-state index in [9.17, 15) is 10.1 Å². The van der Waals surface area contributed by atoms with Crippen LogP contribution in [-0.2, 0) is 0 Å². The summed E-state index contributed by atoms with van der Waals surface area (Å²) in [5.74, 6) is 0. The van der Waals surface area contributed by atoms with Crippen LogP contribution in [0.5, 0.6) is 0 Å². The Morgan fingerprint density at radius 2 is 2.19 bits per heavy atom. The van der Waals surface area contributed by atoms with Gasteiger partial charge in [0.15, 0.2) is 0 Å². The molecule has 1 aromatic rings. The predicted molar refractivity (Wildman–Crippen MR) is 63.3 cm³/mol. The number of rotatable bonds is 3. The zero-order valence-corrected chi connectivity index (χ0v) is 8.98. The molecule has 0 aromatic heterocycles. The van der Waals surface area contributed by atoms with E-state index >= 15 is 0 Å². The smallest absolute Gasteiger partial charge is 0.271 e. The number of nitrogens with one attached hydrogen (secondary N) is 1. The summed E-state index contributed by atoms with van der Waals surface area (Å²) in [7, 11) is 0. The van der Waals surface area contributed by atoms with Crippen LogP contribution in [-0.4, -0.2) is 4.92 Å². The maximum absolute atomic E-state index is 10.6. The number of hydrogen-bond acceptors (Lipinski definition) is 3. The second kappa shape index (κ2) is 4.79. The molecule has 0 spiro atoms. The molecule has 0 saturated heterocycles. The molecule has 0 radical (unpaired) electrons. The number of allylic oxidation sites excluding steroid dienone is 2. The Morgan fingerprint density at radius 1 is 1.31 bits per heavy atom. The third kappa shape index (κ3) is 2.59.